The highest BCUT2D eigenvalue weighted by Gasteiger charge is 2.28. The Hall–Kier alpha value is -4.20. The maximum Gasteiger partial charge on any atom is 0.254 e. The Morgan fingerprint density at radius 1 is 1.06 bits per heavy atom. The van der Waals surface area contributed by atoms with E-state index in [1.54, 1.807) is 30.7 Å². The zero-order chi connectivity index (χ0) is 24.2. The van der Waals surface area contributed by atoms with Gasteiger partial charge in [-0.15, -0.1) is 0 Å². The maximum absolute atomic E-state index is 13.4. The third kappa shape index (κ3) is 5.16. The summed E-state index contributed by atoms with van der Waals surface area (Å²) in [5, 5.41) is 0. The lowest BCUT2D eigenvalue weighted by Gasteiger charge is -2.32. The molecule has 8 heteroatoms. The van der Waals surface area contributed by atoms with E-state index in [1.165, 1.54) is 6.33 Å². The maximum atomic E-state index is 13.4. The molecule has 3 aromatic heterocycles. The molecule has 0 radical (unpaired) electrons. The molecule has 1 aromatic carbocycles. The number of amides is 1. The second-order valence-electron chi connectivity index (χ2n) is 8.72. The lowest BCUT2D eigenvalue weighted by molar-refractivity contribution is 0.0704. The molecule has 1 aliphatic heterocycles. The summed E-state index contributed by atoms with van der Waals surface area (Å²) >= 11 is 0. The highest BCUT2D eigenvalue weighted by atomic mass is 16.5. The Morgan fingerprint density at radius 2 is 1.89 bits per heavy atom. The van der Waals surface area contributed by atoms with Gasteiger partial charge in [-0.2, -0.15) is 4.98 Å². The third-order valence-electron chi connectivity index (χ3n) is 6.09. The predicted molar refractivity (Wildman–Crippen MR) is 131 cm³/mol. The van der Waals surface area contributed by atoms with E-state index in [0.29, 0.717) is 36.1 Å². The molecule has 0 bridgehead atoms. The molecule has 1 saturated heterocycles. The van der Waals surface area contributed by atoms with Crippen LogP contribution in [0.4, 0.5) is 0 Å². The number of ether oxygens (including phenoxy) is 1. The minimum absolute atomic E-state index is 0.0285. The van der Waals surface area contributed by atoms with Gasteiger partial charge < -0.3 is 9.64 Å². The number of aryl methyl sites for hydroxylation is 2. The SMILES string of the molecule is Cc1cc(Oc2ccccc2C)nc(C2CCCN(C(=O)c3ccnc(-c4cncnc4)c3)C2)n1. The van der Waals surface area contributed by atoms with Gasteiger partial charge in [-0.1, -0.05) is 18.2 Å². The monoisotopic (exact) mass is 466 g/mol. The van der Waals surface area contributed by atoms with E-state index >= 15 is 0 Å². The summed E-state index contributed by atoms with van der Waals surface area (Å²) in [6.07, 6.45) is 8.29. The molecular weight excluding hydrogens is 440 g/mol. The van der Waals surface area contributed by atoms with Crippen molar-refractivity contribution in [2.45, 2.75) is 32.6 Å². The molecule has 4 heterocycles. The van der Waals surface area contributed by atoms with E-state index in [0.717, 1.165) is 35.4 Å². The van der Waals surface area contributed by atoms with Gasteiger partial charge in [0, 0.05) is 60.5 Å². The average molecular weight is 467 g/mol. The van der Waals surface area contributed by atoms with Gasteiger partial charge in [0.05, 0.1) is 5.69 Å². The lowest BCUT2D eigenvalue weighted by atomic mass is 9.96. The number of para-hydroxylation sites is 1. The molecule has 8 nitrogen and oxygen atoms in total. The van der Waals surface area contributed by atoms with Crippen molar-refractivity contribution in [1.82, 2.24) is 29.8 Å². The number of nitrogens with zero attached hydrogens (tertiary/aromatic N) is 6. The second kappa shape index (κ2) is 9.97. The Morgan fingerprint density at radius 3 is 2.71 bits per heavy atom. The highest BCUT2D eigenvalue weighted by molar-refractivity contribution is 5.95. The number of pyridine rings is 1. The molecule has 0 spiro atoms. The van der Waals surface area contributed by atoms with Crippen LogP contribution in [0.15, 0.2) is 67.4 Å². The van der Waals surface area contributed by atoms with Crippen LogP contribution in [0.5, 0.6) is 11.6 Å². The first-order valence-corrected chi connectivity index (χ1v) is 11.7. The van der Waals surface area contributed by atoms with Gasteiger partial charge in [0.25, 0.3) is 5.91 Å². The Bertz CT molecular complexity index is 1340. The van der Waals surface area contributed by atoms with E-state index in [4.69, 9.17) is 9.72 Å². The van der Waals surface area contributed by atoms with E-state index in [-0.39, 0.29) is 11.8 Å². The molecule has 0 saturated carbocycles. The van der Waals surface area contributed by atoms with Gasteiger partial charge in [-0.05, 0) is 50.5 Å². The van der Waals surface area contributed by atoms with E-state index in [2.05, 4.69) is 19.9 Å². The molecule has 1 atom stereocenters. The smallest absolute Gasteiger partial charge is 0.254 e. The quantitative estimate of drug-likeness (QED) is 0.419. The summed E-state index contributed by atoms with van der Waals surface area (Å²) in [4.78, 5) is 37.1. The minimum Gasteiger partial charge on any atom is -0.439 e. The van der Waals surface area contributed by atoms with Crippen LogP contribution in [0.2, 0.25) is 0 Å². The number of likely N-dealkylation sites (tertiary alicyclic amines) is 1. The molecule has 5 rings (SSSR count). The van der Waals surface area contributed by atoms with Crippen molar-refractivity contribution < 1.29 is 9.53 Å². The number of piperidine rings is 1. The highest BCUT2D eigenvalue weighted by Crippen LogP contribution is 2.29. The van der Waals surface area contributed by atoms with Crippen LogP contribution in [-0.4, -0.2) is 48.8 Å². The van der Waals surface area contributed by atoms with Crippen LogP contribution in [0.25, 0.3) is 11.3 Å². The standard InChI is InChI=1S/C27H26N6O2/c1-18-6-3-4-8-24(18)35-25-12-19(2)31-26(32-25)21-7-5-11-33(16-21)27(34)20-9-10-30-23(13-20)22-14-28-17-29-15-22/h3-4,6,8-10,12-15,17,21H,5,7,11,16H2,1-2H3. The fourth-order valence-corrected chi connectivity index (χ4v) is 4.29. The van der Waals surface area contributed by atoms with E-state index < -0.39 is 0 Å². The second-order valence-corrected chi connectivity index (χ2v) is 8.72. The molecule has 0 N–H and O–H groups in total. The number of hydrogen-bond donors (Lipinski definition) is 0. The molecule has 1 unspecified atom stereocenters. The molecular formula is C27H26N6O2. The Kier molecular flexibility index (Phi) is 6.43. The topological polar surface area (TPSA) is 94.0 Å². The van der Waals surface area contributed by atoms with Crippen LogP contribution in [0, 0.1) is 13.8 Å². The van der Waals surface area contributed by atoms with Crippen LogP contribution in [0.3, 0.4) is 0 Å². The number of hydrogen-bond acceptors (Lipinski definition) is 7. The van der Waals surface area contributed by atoms with Gasteiger partial charge in [0.2, 0.25) is 5.88 Å². The minimum atomic E-state index is -0.0285. The predicted octanol–water partition coefficient (Wildman–Crippen LogP) is 4.76. The molecule has 4 aromatic rings. The Balaban J connectivity index is 1.34. The van der Waals surface area contributed by atoms with Gasteiger partial charge >= 0.3 is 0 Å². The molecule has 1 fully saturated rings. The number of rotatable bonds is 5. The molecule has 176 valence electrons. The van der Waals surface area contributed by atoms with Crippen LogP contribution in [-0.2, 0) is 0 Å². The lowest BCUT2D eigenvalue weighted by Crippen LogP contribution is -2.39. The zero-order valence-electron chi connectivity index (χ0n) is 19.8. The van der Waals surface area contributed by atoms with E-state index in [1.807, 2.05) is 49.1 Å². The van der Waals surface area contributed by atoms with Crippen LogP contribution >= 0.6 is 0 Å². The van der Waals surface area contributed by atoms with Crippen molar-refractivity contribution in [1.29, 1.82) is 0 Å². The zero-order valence-corrected chi connectivity index (χ0v) is 19.8. The number of carbonyl (C=O) groups is 1. The number of carbonyl (C=O) groups excluding carboxylic acids is 1. The fourth-order valence-electron chi connectivity index (χ4n) is 4.29. The molecule has 1 amide bonds. The van der Waals surface area contributed by atoms with Crippen molar-refractivity contribution in [2.24, 2.45) is 0 Å². The first kappa shape index (κ1) is 22.6. The number of benzene rings is 1. The van der Waals surface area contributed by atoms with Gasteiger partial charge in [-0.3, -0.25) is 9.78 Å². The van der Waals surface area contributed by atoms with Crippen LogP contribution in [0.1, 0.15) is 46.2 Å². The largest absolute Gasteiger partial charge is 0.439 e. The van der Waals surface area contributed by atoms with Crippen molar-refractivity contribution >= 4 is 5.91 Å². The average Bonchev–Trinajstić information content (AvgIpc) is 2.90. The summed E-state index contributed by atoms with van der Waals surface area (Å²) in [5.41, 5.74) is 3.91. The van der Waals surface area contributed by atoms with Gasteiger partial charge in [0.1, 0.15) is 17.9 Å². The van der Waals surface area contributed by atoms with Gasteiger partial charge in [-0.25, -0.2) is 15.0 Å². The normalized spacial score (nSPS) is 15.6. The van der Waals surface area contributed by atoms with E-state index in [9.17, 15) is 4.79 Å². The summed E-state index contributed by atoms with van der Waals surface area (Å²) in [5.74, 6) is 2.02. The third-order valence-corrected chi connectivity index (χ3v) is 6.09. The fraction of sp³-hybridized carbons (Fsp3) is 0.259. The molecule has 35 heavy (non-hydrogen) atoms. The summed E-state index contributed by atoms with van der Waals surface area (Å²) in [6, 6.07) is 13.2. The van der Waals surface area contributed by atoms with Crippen LogP contribution < -0.4 is 4.74 Å². The molecule has 0 aliphatic carbocycles. The van der Waals surface area contributed by atoms with Crippen molar-refractivity contribution in [2.75, 3.05) is 13.1 Å². The summed E-state index contributed by atoms with van der Waals surface area (Å²) in [7, 11) is 0. The summed E-state index contributed by atoms with van der Waals surface area (Å²) < 4.78 is 6.07. The van der Waals surface area contributed by atoms with Crippen molar-refractivity contribution in [3.63, 3.8) is 0 Å². The summed E-state index contributed by atoms with van der Waals surface area (Å²) in [6.45, 7) is 5.19. The molecule has 1 aliphatic rings. The first-order valence-electron chi connectivity index (χ1n) is 11.7. The number of aromatic nitrogens is 5. The van der Waals surface area contributed by atoms with Crippen molar-refractivity contribution in [3.05, 3.63) is 90.0 Å². The van der Waals surface area contributed by atoms with Gasteiger partial charge in [0.15, 0.2) is 0 Å². The Labute approximate surface area is 204 Å². The first-order chi connectivity index (χ1) is 17.1. The van der Waals surface area contributed by atoms with Crippen molar-refractivity contribution in [3.8, 4) is 22.9 Å².